The molecule has 2 aromatic heterocycles. The predicted octanol–water partition coefficient (Wildman–Crippen LogP) is 1.24. The largest absolute Gasteiger partial charge is 0.327 e. The van der Waals surface area contributed by atoms with E-state index in [0.717, 1.165) is 11.3 Å². The fourth-order valence-corrected chi connectivity index (χ4v) is 3.14. The molecule has 1 aromatic carbocycles. The van der Waals surface area contributed by atoms with E-state index >= 15 is 0 Å². The third kappa shape index (κ3) is 2.23. The van der Waals surface area contributed by atoms with Gasteiger partial charge >= 0.3 is 5.69 Å². The van der Waals surface area contributed by atoms with Gasteiger partial charge in [0.05, 0.1) is 10.5 Å². The third-order valence-corrected chi connectivity index (χ3v) is 4.23. The highest BCUT2D eigenvalue weighted by molar-refractivity contribution is 5.71. The van der Waals surface area contributed by atoms with Crippen LogP contribution in [0, 0.1) is 17.0 Å². The van der Waals surface area contributed by atoms with Crippen molar-refractivity contribution < 1.29 is 4.92 Å². The fourth-order valence-electron chi connectivity index (χ4n) is 3.14. The number of non-ortho nitro benzene ring substituents is 1. The molecule has 0 saturated carbocycles. The molecule has 1 atom stereocenters. The standard InChI is InChI=1S/C15H12N6O4/c1-6-9-10(7-2-4-8(5-3-7)21(24)25)11-12(16-13(9)20-19-6)17-15(23)18-14(11)22/h2-5,10H,1H3,(H4,16,17,18,19,20,22,23)/t10-/m1/s1. The van der Waals surface area contributed by atoms with Crippen molar-refractivity contribution in [1.29, 1.82) is 0 Å². The van der Waals surface area contributed by atoms with Gasteiger partial charge in [-0.2, -0.15) is 5.10 Å². The average Bonchev–Trinajstić information content (AvgIpc) is 2.93. The maximum absolute atomic E-state index is 12.4. The fraction of sp³-hybridized carbons (Fsp3) is 0.133. The van der Waals surface area contributed by atoms with E-state index in [0.29, 0.717) is 16.9 Å². The van der Waals surface area contributed by atoms with Crippen molar-refractivity contribution in [3.05, 3.63) is 77.6 Å². The van der Waals surface area contributed by atoms with Gasteiger partial charge in [-0.05, 0) is 12.5 Å². The number of hydrogen-bond donors (Lipinski definition) is 4. The van der Waals surface area contributed by atoms with Crippen molar-refractivity contribution in [2.75, 3.05) is 5.32 Å². The summed E-state index contributed by atoms with van der Waals surface area (Å²) in [7, 11) is 0. The number of nitrogens with one attached hydrogen (secondary N) is 4. The van der Waals surface area contributed by atoms with E-state index in [9.17, 15) is 19.7 Å². The lowest BCUT2D eigenvalue weighted by molar-refractivity contribution is -0.384. The van der Waals surface area contributed by atoms with Gasteiger partial charge < -0.3 is 5.32 Å². The molecule has 3 aromatic rings. The van der Waals surface area contributed by atoms with Crippen molar-refractivity contribution in [3.8, 4) is 0 Å². The van der Waals surface area contributed by atoms with Gasteiger partial charge in [0.15, 0.2) is 5.82 Å². The Labute approximate surface area is 139 Å². The molecule has 1 aliphatic heterocycles. The van der Waals surface area contributed by atoms with Gasteiger partial charge in [-0.3, -0.25) is 30.0 Å². The number of H-pyrrole nitrogens is 3. The summed E-state index contributed by atoms with van der Waals surface area (Å²) < 4.78 is 0. The Kier molecular flexibility index (Phi) is 3.07. The number of nitrogens with zero attached hydrogens (tertiary/aromatic N) is 2. The molecule has 0 radical (unpaired) electrons. The van der Waals surface area contributed by atoms with E-state index in [1.54, 1.807) is 12.1 Å². The van der Waals surface area contributed by atoms with E-state index in [1.807, 2.05) is 6.92 Å². The minimum Gasteiger partial charge on any atom is -0.324 e. The highest BCUT2D eigenvalue weighted by atomic mass is 16.6. The molecule has 126 valence electrons. The Morgan fingerprint density at radius 3 is 2.52 bits per heavy atom. The zero-order valence-corrected chi connectivity index (χ0v) is 12.9. The van der Waals surface area contributed by atoms with Gasteiger partial charge in [-0.1, -0.05) is 12.1 Å². The summed E-state index contributed by atoms with van der Waals surface area (Å²) in [5.41, 5.74) is 1.30. The Morgan fingerprint density at radius 1 is 1.12 bits per heavy atom. The Bertz CT molecular complexity index is 1110. The molecule has 0 spiro atoms. The van der Waals surface area contributed by atoms with Crippen molar-refractivity contribution in [1.82, 2.24) is 20.2 Å². The minimum atomic E-state index is -0.630. The van der Waals surface area contributed by atoms with Crippen molar-refractivity contribution in [3.63, 3.8) is 0 Å². The normalized spacial score (nSPS) is 15.2. The summed E-state index contributed by atoms with van der Waals surface area (Å²) >= 11 is 0. The second-order valence-corrected chi connectivity index (χ2v) is 5.71. The lowest BCUT2D eigenvalue weighted by Crippen LogP contribution is -2.31. The van der Waals surface area contributed by atoms with Crippen LogP contribution < -0.4 is 16.6 Å². The predicted molar refractivity (Wildman–Crippen MR) is 88.3 cm³/mol. The smallest absolute Gasteiger partial charge is 0.324 e. The zero-order valence-electron chi connectivity index (χ0n) is 12.9. The van der Waals surface area contributed by atoms with Crippen LogP contribution in [0.3, 0.4) is 0 Å². The van der Waals surface area contributed by atoms with E-state index in [4.69, 9.17) is 0 Å². The van der Waals surface area contributed by atoms with E-state index in [1.165, 1.54) is 12.1 Å². The lowest BCUT2D eigenvalue weighted by Gasteiger charge is -2.25. The van der Waals surface area contributed by atoms with Crippen molar-refractivity contribution >= 4 is 17.3 Å². The number of aromatic nitrogens is 4. The molecule has 0 bridgehead atoms. The number of rotatable bonds is 2. The van der Waals surface area contributed by atoms with Gasteiger partial charge in [0.1, 0.15) is 5.82 Å². The van der Waals surface area contributed by atoms with Crippen LogP contribution in [0.15, 0.2) is 33.9 Å². The maximum Gasteiger partial charge on any atom is 0.327 e. The highest BCUT2D eigenvalue weighted by Crippen LogP contribution is 2.42. The van der Waals surface area contributed by atoms with Crippen LogP contribution in [-0.4, -0.2) is 25.1 Å². The average molecular weight is 340 g/mol. The summed E-state index contributed by atoms with van der Waals surface area (Å²) in [6.07, 6.45) is 0. The summed E-state index contributed by atoms with van der Waals surface area (Å²) in [6.45, 7) is 1.82. The van der Waals surface area contributed by atoms with E-state index in [2.05, 4.69) is 25.5 Å². The van der Waals surface area contributed by atoms with Crippen molar-refractivity contribution in [2.24, 2.45) is 0 Å². The molecule has 0 unspecified atom stereocenters. The van der Waals surface area contributed by atoms with Crippen LogP contribution >= 0.6 is 0 Å². The molecule has 0 saturated heterocycles. The van der Waals surface area contributed by atoms with Crippen LogP contribution in [-0.2, 0) is 0 Å². The minimum absolute atomic E-state index is 0.0441. The number of aromatic amines is 3. The number of nitro benzene ring substituents is 1. The molecule has 0 aliphatic carbocycles. The van der Waals surface area contributed by atoms with Crippen LogP contribution in [0.4, 0.5) is 17.3 Å². The van der Waals surface area contributed by atoms with Gasteiger partial charge in [0.2, 0.25) is 0 Å². The number of aryl methyl sites for hydroxylation is 1. The SMILES string of the molecule is Cc1[nH]nc2c1[C@@H](c1ccc([N+](=O)[O-])cc1)c1c([nH]c(=O)[nH]c1=O)N2. The molecule has 0 fully saturated rings. The number of nitro groups is 1. The quantitative estimate of drug-likeness (QED) is 0.318. The van der Waals surface area contributed by atoms with Crippen LogP contribution in [0.25, 0.3) is 0 Å². The number of benzene rings is 1. The monoisotopic (exact) mass is 340 g/mol. The van der Waals surface area contributed by atoms with Gasteiger partial charge in [0.25, 0.3) is 11.2 Å². The Balaban J connectivity index is 1.98. The first kappa shape index (κ1) is 14.9. The first-order valence-electron chi connectivity index (χ1n) is 7.38. The van der Waals surface area contributed by atoms with Gasteiger partial charge in [-0.25, -0.2) is 4.79 Å². The molecule has 10 nitrogen and oxygen atoms in total. The molecule has 4 N–H and O–H groups in total. The first-order valence-corrected chi connectivity index (χ1v) is 7.38. The first-order chi connectivity index (χ1) is 12.0. The van der Waals surface area contributed by atoms with Crippen molar-refractivity contribution in [2.45, 2.75) is 12.8 Å². The Morgan fingerprint density at radius 2 is 1.84 bits per heavy atom. The van der Waals surface area contributed by atoms with Crippen LogP contribution in [0.1, 0.15) is 28.3 Å². The second-order valence-electron chi connectivity index (χ2n) is 5.71. The molecule has 25 heavy (non-hydrogen) atoms. The zero-order chi connectivity index (χ0) is 17.7. The lowest BCUT2D eigenvalue weighted by atomic mass is 9.83. The number of anilines is 2. The summed E-state index contributed by atoms with van der Waals surface area (Å²) in [4.78, 5) is 39.2. The summed E-state index contributed by atoms with van der Waals surface area (Å²) in [5, 5.41) is 20.8. The molecular formula is C15H12N6O4. The molecular weight excluding hydrogens is 328 g/mol. The van der Waals surface area contributed by atoms with E-state index < -0.39 is 22.1 Å². The topological polar surface area (TPSA) is 150 Å². The molecule has 10 heteroatoms. The molecule has 0 amide bonds. The van der Waals surface area contributed by atoms with Crippen LogP contribution in [0.5, 0.6) is 0 Å². The maximum atomic E-state index is 12.4. The number of hydrogen-bond acceptors (Lipinski definition) is 6. The second kappa shape index (κ2) is 5.16. The third-order valence-electron chi connectivity index (χ3n) is 4.23. The summed E-state index contributed by atoms with van der Waals surface area (Å²) in [5.74, 6) is 0.233. The Hall–Kier alpha value is -3.69. The number of fused-ring (bicyclic) bond motifs is 2. The van der Waals surface area contributed by atoms with E-state index in [-0.39, 0.29) is 11.5 Å². The van der Waals surface area contributed by atoms with Crippen LogP contribution in [0.2, 0.25) is 0 Å². The molecule has 1 aliphatic rings. The molecule has 3 heterocycles. The summed E-state index contributed by atoms with van der Waals surface area (Å²) in [6, 6.07) is 5.95. The van der Waals surface area contributed by atoms with Gasteiger partial charge in [0, 0.05) is 29.3 Å². The highest BCUT2D eigenvalue weighted by Gasteiger charge is 2.34. The molecule has 4 rings (SSSR count). The van der Waals surface area contributed by atoms with Gasteiger partial charge in [-0.15, -0.1) is 0 Å².